The predicted molar refractivity (Wildman–Crippen MR) is 49.1 cm³/mol. The monoisotopic (exact) mass is 186 g/mol. The minimum atomic E-state index is -0.878. The van der Waals surface area contributed by atoms with Gasteiger partial charge in [0.2, 0.25) is 0 Å². The number of carbonyl (C=O) groups is 1. The maximum atomic E-state index is 11.7. The summed E-state index contributed by atoms with van der Waals surface area (Å²) in [7, 11) is 0. The summed E-state index contributed by atoms with van der Waals surface area (Å²) in [6.07, 6.45) is 0.416. The largest absolute Gasteiger partial charge is 0.784 e. The average molecular weight is 186 g/mol. The standard InChI is InChI=1S/C9H16NO3/c1-8(2)5-6(7(11)12)9(3,4)10(8)13/h6H,5H2,1-4H3,(H,11,12)/q-1/t6-/m1/s1. The fraction of sp³-hybridized carbons (Fsp3) is 0.889. The zero-order valence-electron chi connectivity index (χ0n) is 8.50. The van der Waals surface area contributed by atoms with Gasteiger partial charge in [-0.25, -0.2) is 0 Å². The molecule has 0 radical (unpaired) electrons. The van der Waals surface area contributed by atoms with Gasteiger partial charge in [-0.1, -0.05) is 0 Å². The zero-order valence-corrected chi connectivity index (χ0v) is 8.50. The first-order valence-electron chi connectivity index (χ1n) is 4.40. The summed E-state index contributed by atoms with van der Waals surface area (Å²) in [4.78, 5) is 10.9. The molecule has 1 aliphatic heterocycles. The van der Waals surface area contributed by atoms with Gasteiger partial charge in [0.05, 0.1) is 5.92 Å². The second kappa shape index (κ2) is 2.69. The molecule has 0 amide bonds. The number of carboxylic acid groups (broad SMARTS) is 1. The summed E-state index contributed by atoms with van der Waals surface area (Å²) in [6.45, 7) is 6.94. The minimum absolute atomic E-state index is 0.416. The highest BCUT2D eigenvalue weighted by molar-refractivity contribution is 5.72. The van der Waals surface area contributed by atoms with Gasteiger partial charge in [-0.3, -0.25) is 4.79 Å². The van der Waals surface area contributed by atoms with Crippen LogP contribution in [0.1, 0.15) is 34.1 Å². The Morgan fingerprint density at radius 2 is 1.92 bits per heavy atom. The van der Waals surface area contributed by atoms with E-state index in [9.17, 15) is 10.0 Å². The van der Waals surface area contributed by atoms with Crippen LogP contribution in [0.15, 0.2) is 0 Å². The van der Waals surface area contributed by atoms with Gasteiger partial charge in [0, 0.05) is 11.1 Å². The fourth-order valence-corrected chi connectivity index (χ4v) is 2.14. The smallest absolute Gasteiger partial charge is 0.308 e. The third-order valence-corrected chi connectivity index (χ3v) is 2.93. The van der Waals surface area contributed by atoms with E-state index >= 15 is 0 Å². The Balaban J connectivity index is 3.00. The molecule has 1 heterocycles. The molecule has 0 aromatic rings. The van der Waals surface area contributed by atoms with Crippen molar-refractivity contribution in [2.24, 2.45) is 5.92 Å². The third kappa shape index (κ3) is 1.44. The third-order valence-electron chi connectivity index (χ3n) is 2.93. The van der Waals surface area contributed by atoms with Gasteiger partial charge in [0.1, 0.15) is 0 Å². The number of nitrogens with zero attached hydrogens (tertiary/aromatic N) is 1. The zero-order chi connectivity index (χ0) is 10.4. The Labute approximate surface area is 78.1 Å². The van der Waals surface area contributed by atoms with E-state index in [1.807, 2.05) is 0 Å². The van der Waals surface area contributed by atoms with Crippen LogP contribution in [0.25, 0.3) is 0 Å². The van der Waals surface area contributed by atoms with Crippen LogP contribution in [-0.2, 0) is 4.79 Å². The SMILES string of the molecule is CC1(C)C[C@H](C(=O)O)C(C)(C)N1[O-]. The van der Waals surface area contributed by atoms with E-state index in [0.717, 1.165) is 5.06 Å². The maximum Gasteiger partial charge on any atom is 0.308 e. The molecule has 0 aliphatic carbocycles. The van der Waals surface area contributed by atoms with Crippen molar-refractivity contribution >= 4 is 5.97 Å². The molecule has 1 fully saturated rings. The lowest BCUT2D eigenvalue weighted by molar-refractivity contribution is -0.143. The molecule has 1 rings (SSSR count). The van der Waals surface area contributed by atoms with Gasteiger partial charge in [-0.2, -0.15) is 0 Å². The van der Waals surface area contributed by atoms with Crippen molar-refractivity contribution in [3.8, 4) is 0 Å². The Bertz CT molecular complexity index is 235. The van der Waals surface area contributed by atoms with E-state index in [2.05, 4.69) is 0 Å². The van der Waals surface area contributed by atoms with E-state index in [0.29, 0.717) is 6.42 Å². The van der Waals surface area contributed by atoms with Gasteiger partial charge < -0.3 is 15.4 Å². The first-order chi connectivity index (χ1) is 5.69. The van der Waals surface area contributed by atoms with Crippen molar-refractivity contribution < 1.29 is 9.90 Å². The van der Waals surface area contributed by atoms with Crippen LogP contribution < -0.4 is 0 Å². The van der Waals surface area contributed by atoms with Crippen molar-refractivity contribution in [1.82, 2.24) is 5.06 Å². The number of hydrogen-bond donors (Lipinski definition) is 1. The van der Waals surface area contributed by atoms with Gasteiger partial charge in [-0.05, 0) is 34.1 Å². The Morgan fingerprint density at radius 3 is 2.08 bits per heavy atom. The predicted octanol–water partition coefficient (Wildman–Crippen LogP) is 1.45. The summed E-state index contributed by atoms with van der Waals surface area (Å²) in [5, 5.41) is 21.6. The second-order valence-electron chi connectivity index (χ2n) is 4.86. The van der Waals surface area contributed by atoms with Gasteiger partial charge in [0.15, 0.2) is 0 Å². The molecule has 4 heteroatoms. The Morgan fingerprint density at radius 1 is 1.46 bits per heavy atom. The molecule has 0 bridgehead atoms. The van der Waals surface area contributed by atoms with E-state index in [1.165, 1.54) is 0 Å². The van der Waals surface area contributed by atoms with Gasteiger partial charge in [0.25, 0.3) is 0 Å². The molecule has 1 saturated heterocycles. The number of hydrogen-bond acceptors (Lipinski definition) is 3. The minimum Gasteiger partial charge on any atom is -0.784 e. The number of aliphatic carboxylic acids is 1. The summed E-state index contributed by atoms with van der Waals surface area (Å²) in [5.74, 6) is -1.45. The molecule has 4 nitrogen and oxygen atoms in total. The molecule has 13 heavy (non-hydrogen) atoms. The van der Waals surface area contributed by atoms with E-state index < -0.39 is 23.0 Å². The van der Waals surface area contributed by atoms with Crippen molar-refractivity contribution in [2.75, 3.05) is 0 Å². The van der Waals surface area contributed by atoms with Crippen LogP contribution in [0, 0.1) is 11.1 Å². The molecule has 0 saturated carbocycles. The van der Waals surface area contributed by atoms with Gasteiger partial charge >= 0.3 is 5.97 Å². The summed E-state index contributed by atoms with van der Waals surface area (Å²) in [5.41, 5.74) is -1.36. The Hall–Kier alpha value is -0.610. The van der Waals surface area contributed by atoms with E-state index in [1.54, 1.807) is 27.7 Å². The molecular weight excluding hydrogens is 170 g/mol. The fourth-order valence-electron chi connectivity index (χ4n) is 2.14. The number of hydroxylamine groups is 2. The lowest BCUT2D eigenvalue weighted by Gasteiger charge is -2.46. The molecule has 0 unspecified atom stereocenters. The summed E-state index contributed by atoms with van der Waals surface area (Å²) < 4.78 is 0. The van der Waals surface area contributed by atoms with Gasteiger partial charge in [-0.15, -0.1) is 0 Å². The highest BCUT2D eigenvalue weighted by Gasteiger charge is 2.49. The van der Waals surface area contributed by atoms with Crippen LogP contribution in [0.4, 0.5) is 0 Å². The highest BCUT2D eigenvalue weighted by Crippen LogP contribution is 2.43. The van der Waals surface area contributed by atoms with Crippen LogP contribution in [0.3, 0.4) is 0 Å². The van der Waals surface area contributed by atoms with Crippen molar-refractivity contribution in [1.29, 1.82) is 0 Å². The molecule has 1 aliphatic rings. The molecule has 1 atom stereocenters. The topological polar surface area (TPSA) is 63.6 Å². The Kier molecular flexibility index (Phi) is 2.16. The first-order valence-corrected chi connectivity index (χ1v) is 4.40. The number of carboxylic acids is 1. The average Bonchev–Trinajstić information content (AvgIpc) is 2.11. The number of rotatable bonds is 1. The second-order valence-corrected chi connectivity index (χ2v) is 4.86. The lowest BCUT2D eigenvalue weighted by Crippen LogP contribution is -2.46. The quantitative estimate of drug-likeness (QED) is 0.673. The molecular formula is C9H16NO3-. The van der Waals surface area contributed by atoms with Crippen LogP contribution in [0.5, 0.6) is 0 Å². The molecule has 1 N–H and O–H groups in total. The summed E-state index contributed by atoms with van der Waals surface area (Å²) in [6, 6.07) is 0. The molecule has 0 spiro atoms. The lowest BCUT2D eigenvalue weighted by atomic mass is 9.87. The van der Waals surface area contributed by atoms with Crippen LogP contribution >= 0.6 is 0 Å². The maximum absolute atomic E-state index is 11.7. The summed E-state index contributed by atoms with van der Waals surface area (Å²) >= 11 is 0. The molecule has 0 aromatic carbocycles. The van der Waals surface area contributed by atoms with Crippen molar-refractivity contribution in [3.63, 3.8) is 0 Å². The first kappa shape index (κ1) is 10.5. The van der Waals surface area contributed by atoms with Crippen molar-refractivity contribution in [3.05, 3.63) is 5.21 Å². The van der Waals surface area contributed by atoms with Crippen LogP contribution in [0.2, 0.25) is 0 Å². The normalized spacial score (nSPS) is 31.9. The highest BCUT2D eigenvalue weighted by atomic mass is 16.5. The van der Waals surface area contributed by atoms with Crippen LogP contribution in [-0.4, -0.2) is 27.2 Å². The molecule has 76 valence electrons. The molecule has 0 aromatic heterocycles. The van der Waals surface area contributed by atoms with Crippen molar-refractivity contribution in [2.45, 2.75) is 45.2 Å². The van der Waals surface area contributed by atoms with E-state index in [4.69, 9.17) is 5.11 Å². The van der Waals surface area contributed by atoms with E-state index in [-0.39, 0.29) is 0 Å².